The summed E-state index contributed by atoms with van der Waals surface area (Å²) in [6.07, 6.45) is 6.45. The van der Waals surface area contributed by atoms with Crippen molar-refractivity contribution in [3.8, 4) is 0 Å². The van der Waals surface area contributed by atoms with Gasteiger partial charge in [0.15, 0.2) is 0 Å². The quantitative estimate of drug-likeness (QED) is 0.786. The van der Waals surface area contributed by atoms with Crippen LogP contribution in [0.5, 0.6) is 0 Å². The summed E-state index contributed by atoms with van der Waals surface area (Å²) in [6, 6.07) is 3.39. The molecule has 2 rings (SSSR count). The lowest BCUT2D eigenvalue weighted by Gasteiger charge is -2.25. The fourth-order valence-electron chi connectivity index (χ4n) is 3.37. The van der Waals surface area contributed by atoms with Crippen molar-refractivity contribution in [2.24, 2.45) is 5.92 Å². The van der Waals surface area contributed by atoms with Crippen LogP contribution >= 0.6 is 0 Å². The van der Waals surface area contributed by atoms with Crippen molar-refractivity contribution in [1.82, 2.24) is 19.5 Å². The molecule has 1 N–H and O–H groups in total. The zero-order chi connectivity index (χ0) is 20.0. The average Bonchev–Trinajstić information content (AvgIpc) is 2.64. The van der Waals surface area contributed by atoms with Crippen molar-refractivity contribution in [3.63, 3.8) is 0 Å². The average molecular weight is 397 g/mol. The van der Waals surface area contributed by atoms with Gasteiger partial charge in [-0.15, -0.1) is 0 Å². The Morgan fingerprint density at radius 1 is 1.41 bits per heavy atom. The molecule has 1 aromatic rings. The van der Waals surface area contributed by atoms with E-state index in [4.69, 9.17) is 0 Å². The van der Waals surface area contributed by atoms with Crippen LogP contribution in [0.4, 0.5) is 0 Å². The van der Waals surface area contributed by atoms with Gasteiger partial charge in [0.1, 0.15) is 0 Å². The molecule has 0 aliphatic carbocycles. The van der Waals surface area contributed by atoms with E-state index < -0.39 is 15.9 Å². The van der Waals surface area contributed by atoms with Crippen molar-refractivity contribution >= 4 is 21.8 Å². The van der Waals surface area contributed by atoms with Gasteiger partial charge in [0.05, 0.1) is 6.26 Å². The van der Waals surface area contributed by atoms with Gasteiger partial charge in [-0.25, -0.2) is 13.1 Å². The number of pyridine rings is 1. The van der Waals surface area contributed by atoms with Crippen molar-refractivity contribution in [3.05, 3.63) is 30.1 Å². The van der Waals surface area contributed by atoms with Crippen molar-refractivity contribution in [2.45, 2.75) is 38.3 Å². The van der Waals surface area contributed by atoms with Crippen LogP contribution in [0.2, 0.25) is 0 Å². The van der Waals surface area contributed by atoms with Crippen LogP contribution in [0.3, 0.4) is 0 Å². The number of carbonyl (C=O) groups is 2. The summed E-state index contributed by atoms with van der Waals surface area (Å²) in [6.45, 7) is 0.740. The highest BCUT2D eigenvalue weighted by Crippen LogP contribution is 2.21. The molecule has 2 amide bonds. The molecule has 1 aliphatic heterocycles. The minimum atomic E-state index is -3.35. The third-order valence-corrected chi connectivity index (χ3v) is 5.46. The first-order valence-electron chi connectivity index (χ1n) is 9.01. The number of nitrogens with zero attached hydrogens (tertiary/aromatic N) is 3. The fourth-order valence-corrected chi connectivity index (χ4v) is 4.17. The lowest BCUT2D eigenvalue weighted by atomic mass is 9.96. The largest absolute Gasteiger partial charge is 0.344 e. The predicted octanol–water partition coefficient (Wildman–Crippen LogP) is 0.606. The minimum absolute atomic E-state index is 0.0740. The van der Waals surface area contributed by atoms with Gasteiger partial charge in [-0.05, 0) is 24.5 Å². The molecule has 0 aromatic carbocycles. The van der Waals surface area contributed by atoms with E-state index in [1.807, 2.05) is 12.1 Å². The van der Waals surface area contributed by atoms with Crippen LogP contribution in [0.25, 0.3) is 0 Å². The number of rotatable bonds is 5. The molecule has 0 saturated carbocycles. The number of nitrogens with one attached hydrogen (secondary N) is 1. The third-order valence-electron chi connectivity index (χ3n) is 4.69. The Labute approximate surface area is 161 Å². The van der Waals surface area contributed by atoms with Gasteiger partial charge in [0, 0.05) is 58.0 Å². The van der Waals surface area contributed by atoms with Gasteiger partial charge < -0.3 is 9.80 Å². The number of hydrogen-bond acceptors (Lipinski definition) is 5. The van der Waals surface area contributed by atoms with Gasteiger partial charge in [0.2, 0.25) is 21.8 Å². The number of amides is 2. The molecule has 8 nitrogen and oxygen atoms in total. The SMILES string of the molecule is CN1CC(NS(C)(=O)=O)CCCC(C(=O)N(C)Cc2cccnc2)CC1=O. The minimum Gasteiger partial charge on any atom is -0.344 e. The molecule has 2 atom stereocenters. The van der Waals surface area contributed by atoms with Crippen LogP contribution in [-0.4, -0.2) is 68.0 Å². The lowest BCUT2D eigenvalue weighted by Crippen LogP contribution is -2.44. The molecule has 0 radical (unpaired) electrons. The van der Waals surface area contributed by atoms with E-state index in [2.05, 4.69) is 9.71 Å². The van der Waals surface area contributed by atoms with Crippen molar-refractivity contribution < 1.29 is 18.0 Å². The highest BCUT2D eigenvalue weighted by Gasteiger charge is 2.29. The van der Waals surface area contributed by atoms with Gasteiger partial charge in [0.25, 0.3) is 0 Å². The second-order valence-corrected chi connectivity index (χ2v) is 9.03. The number of carbonyl (C=O) groups excluding carboxylic acids is 2. The summed E-state index contributed by atoms with van der Waals surface area (Å²) in [5.74, 6) is -0.626. The third kappa shape index (κ3) is 6.91. The van der Waals surface area contributed by atoms with Crippen LogP contribution in [-0.2, 0) is 26.2 Å². The monoisotopic (exact) mass is 396 g/mol. The fraction of sp³-hybridized carbons (Fsp3) is 0.611. The molecule has 0 spiro atoms. The second-order valence-electron chi connectivity index (χ2n) is 7.25. The summed E-state index contributed by atoms with van der Waals surface area (Å²) >= 11 is 0. The van der Waals surface area contributed by atoms with Crippen molar-refractivity contribution in [2.75, 3.05) is 26.9 Å². The molecular weight excluding hydrogens is 368 g/mol. The topological polar surface area (TPSA) is 99.7 Å². The maximum atomic E-state index is 12.9. The molecule has 1 saturated heterocycles. The maximum Gasteiger partial charge on any atom is 0.226 e. The summed E-state index contributed by atoms with van der Waals surface area (Å²) in [5, 5.41) is 0. The molecule has 1 aliphatic rings. The van der Waals surface area contributed by atoms with E-state index in [9.17, 15) is 18.0 Å². The maximum absolute atomic E-state index is 12.9. The Hall–Kier alpha value is -2.00. The van der Waals surface area contributed by atoms with Gasteiger partial charge >= 0.3 is 0 Å². The molecular formula is C18H28N4O4S. The zero-order valence-corrected chi connectivity index (χ0v) is 16.9. The normalized spacial score (nSPS) is 21.9. The molecule has 150 valence electrons. The standard InChI is InChI=1S/C18H28N4O4S/c1-21-13-16(20-27(3,25)26)8-4-7-15(10-17(21)23)18(24)22(2)12-14-6-5-9-19-11-14/h5-6,9,11,15-16,20H,4,7-8,10,12-13H2,1-3H3. The zero-order valence-electron chi connectivity index (χ0n) is 16.1. The Kier molecular flexibility index (Phi) is 7.32. The summed E-state index contributed by atoms with van der Waals surface area (Å²) in [7, 11) is 0.0191. The predicted molar refractivity (Wildman–Crippen MR) is 102 cm³/mol. The molecule has 27 heavy (non-hydrogen) atoms. The van der Waals surface area contributed by atoms with Crippen LogP contribution in [0.15, 0.2) is 24.5 Å². The van der Waals surface area contributed by atoms with Crippen LogP contribution < -0.4 is 4.72 Å². The summed E-state index contributed by atoms with van der Waals surface area (Å²) in [5.41, 5.74) is 0.928. The van der Waals surface area contributed by atoms with E-state index in [1.165, 1.54) is 4.90 Å². The molecule has 2 heterocycles. The molecule has 2 unspecified atom stereocenters. The van der Waals surface area contributed by atoms with E-state index in [1.54, 1.807) is 31.4 Å². The van der Waals surface area contributed by atoms with Gasteiger partial charge in [-0.2, -0.15) is 0 Å². The first kappa shape index (κ1) is 21.3. The number of hydrogen-bond donors (Lipinski definition) is 1. The van der Waals surface area contributed by atoms with Crippen molar-refractivity contribution in [1.29, 1.82) is 0 Å². The van der Waals surface area contributed by atoms with Crippen LogP contribution in [0, 0.1) is 5.92 Å². The molecule has 1 aromatic heterocycles. The Morgan fingerprint density at radius 3 is 2.78 bits per heavy atom. The van der Waals surface area contributed by atoms with E-state index in [0.29, 0.717) is 32.4 Å². The molecule has 0 bridgehead atoms. The number of sulfonamides is 1. The Morgan fingerprint density at radius 2 is 2.15 bits per heavy atom. The van der Waals surface area contributed by atoms with E-state index >= 15 is 0 Å². The summed E-state index contributed by atoms with van der Waals surface area (Å²) < 4.78 is 25.6. The van der Waals surface area contributed by atoms with Crippen LogP contribution in [0.1, 0.15) is 31.2 Å². The highest BCUT2D eigenvalue weighted by molar-refractivity contribution is 7.88. The number of aromatic nitrogens is 1. The van der Waals surface area contributed by atoms with Gasteiger partial charge in [-0.1, -0.05) is 12.5 Å². The number of likely N-dealkylation sites (N-methyl/N-ethyl adjacent to an activating group) is 1. The Bertz CT molecular complexity index is 754. The molecule has 1 fully saturated rings. The summed E-state index contributed by atoms with van der Waals surface area (Å²) in [4.78, 5) is 32.5. The van der Waals surface area contributed by atoms with E-state index in [-0.39, 0.29) is 24.3 Å². The smallest absolute Gasteiger partial charge is 0.226 e. The van der Waals surface area contributed by atoms with Gasteiger partial charge in [-0.3, -0.25) is 14.6 Å². The lowest BCUT2D eigenvalue weighted by molar-refractivity contribution is -0.140. The highest BCUT2D eigenvalue weighted by atomic mass is 32.2. The Balaban J connectivity index is 2.04. The first-order chi connectivity index (χ1) is 12.7. The van der Waals surface area contributed by atoms with E-state index in [0.717, 1.165) is 11.8 Å². The second kappa shape index (κ2) is 9.27. The first-order valence-corrected chi connectivity index (χ1v) is 10.9. The molecule has 9 heteroatoms.